The van der Waals surface area contributed by atoms with E-state index in [-0.39, 0.29) is 25.5 Å². The summed E-state index contributed by atoms with van der Waals surface area (Å²) in [6.45, 7) is 0.754. The molecule has 1 rings (SSSR count). The molecule has 1 saturated carbocycles. The first-order chi connectivity index (χ1) is 8.37. The Morgan fingerprint density at radius 2 is 2.06 bits per heavy atom. The zero-order chi connectivity index (χ0) is 13.6. The van der Waals surface area contributed by atoms with Crippen molar-refractivity contribution in [3.63, 3.8) is 0 Å². The van der Waals surface area contributed by atoms with E-state index in [0.29, 0.717) is 19.4 Å². The van der Waals surface area contributed by atoms with E-state index in [1.54, 1.807) is 0 Å². The van der Waals surface area contributed by atoms with Crippen LogP contribution < -0.4 is 5.73 Å². The minimum absolute atomic E-state index is 0.00464. The van der Waals surface area contributed by atoms with Crippen molar-refractivity contribution in [2.24, 2.45) is 11.7 Å². The predicted octanol–water partition coefficient (Wildman–Crippen LogP) is 2.23. The molecule has 2 atom stereocenters. The number of hydrogen-bond donors (Lipinski definition) is 2. The molecule has 0 aromatic heterocycles. The Morgan fingerprint density at radius 3 is 2.67 bits per heavy atom. The molecule has 0 aromatic rings. The van der Waals surface area contributed by atoms with Gasteiger partial charge in [-0.25, -0.2) is 0 Å². The number of aliphatic hydroxyl groups is 1. The van der Waals surface area contributed by atoms with Crippen molar-refractivity contribution in [1.82, 2.24) is 0 Å². The summed E-state index contributed by atoms with van der Waals surface area (Å²) in [6.07, 6.45) is -1.67. The summed E-state index contributed by atoms with van der Waals surface area (Å²) in [4.78, 5) is 0. The van der Waals surface area contributed by atoms with Gasteiger partial charge in [-0.1, -0.05) is 6.42 Å². The van der Waals surface area contributed by atoms with Crippen molar-refractivity contribution in [3.8, 4) is 0 Å². The van der Waals surface area contributed by atoms with Crippen LogP contribution in [0.25, 0.3) is 0 Å². The Kier molecular flexibility index (Phi) is 5.88. The maximum absolute atomic E-state index is 11.9. The summed E-state index contributed by atoms with van der Waals surface area (Å²) in [5, 5.41) is 10.1. The van der Waals surface area contributed by atoms with E-state index in [0.717, 1.165) is 12.8 Å². The maximum atomic E-state index is 11.9. The lowest BCUT2D eigenvalue weighted by atomic mass is 9.88. The monoisotopic (exact) mass is 269 g/mol. The van der Waals surface area contributed by atoms with E-state index < -0.39 is 18.2 Å². The highest BCUT2D eigenvalue weighted by Crippen LogP contribution is 2.37. The SMILES string of the molecule is NCC1(O)CCCC1CCOCCCC(F)(F)F. The highest BCUT2D eigenvalue weighted by atomic mass is 19.4. The van der Waals surface area contributed by atoms with Crippen molar-refractivity contribution in [2.75, 3.05) is 19.8 Å². The third-order valence-electron chi connectivity index (χ3n) is 3.64. The van der Waals surface area contributed by atoms with Gasteiger partial charge in [-0.3, -0.25) is 0 Å². The van der Waals surface area contributed by atoms with Gasteiger partial charge in [-0.15, -0.1) is 0 Å². The molecule has 1 fully saturated rings. The van der Waals surface area contributed by atoms with Gasteiger partial charge in [0.15, 0.2) is 0 Å². The number of ether oxygens (including phenoxy) is 1. The topological polar surface area (TPSA) is 55.5 Å². The van der Waals surface area contributed by atoms with Gasteiger partial charge in [0.1, 0.15) is 0 Å². The van der Waals surface area contributed by atoms with Crippen LogP contribution in [0.3, 0.4) is 0 Å². The van der Waals surface area contributed by atoms with E-state index in [2.05, 4.69) is 0 Å². The van der Waals surface area contributed by atoms with Crippen LogP contribution in [0.4, 0.5) is 13.2 Å². The Bertz CT molecular complexity index is 248. The van der Waals surface area contributed by atoms with Crippen molar-refractivity contribution in [2.45, 2.75) is 50.3 Å². The number of rotatable bonds is 7. The molecule has 1 aliphatic rings. The maximum Gasteiger partial charge on any atom is 0.389 e. The second-order valence-electron chi connectivity index (χ2n) is 5.02. The summed E-state index contributed by atoms with van der Waals surface area (Å²) >= 11 is 0. The molecule has 0 bridgehead atoms. The molecule has 0 amide bonds. The fraction of sp³-hybridized carbons (Fsp3) is 1.00. The number of hydrogen-bond acceptors (Lipinski definition) is 3. The van der Waals surface area contributed by atoms with Gasteiger partial charge < -0.3 is 15.6 Å². The second kappa shape index (κ2) is 6.73. The molecule has 2 unspecified atom stereocenters. The van der Waals surface area contributed by atoms with Gasteiger partial charge in [-0.2, -0.15) is 13.2 Å². The molecular weight excluding hydrogens is 247 g/mol. The molecule has 0 spiro atoms. The van der Waals surface area contributed by atoms with Crippen LogP contribution in [-0.4, -0.2) is 36.6 Å². The molecule has 0 aliphatic heterocycles. The van der Waals surface area contributed by atoms with Crippen LogP contribution in [0.15, 0.2) is 0 Å². The molecule has 3 N–H and O–H groups in total. The number of nitrogens with two attached hydrogens (primary N) is 1. The number of alkyl halides is 3. The minimum atomic E-state index is -4.10. The van der Waals surface area contributed by atoms with Crippen molar-refractivity contribution < 1.29 is 23.0 Å². The van der Waals surface area contributed by atoms with Gasteiger partial charge in [0.2, 0.25) is 0 Å². The lowest BCUT2D eigenvalue weighted by molar-refractivity contribution is -0.138. The van der Waals surface area contributed by atoms with E-state index in [1.807, 2.05) is 0 Å². The third-order valence-corrected chi connectivity index (χ3v) is 3.64. The van der Waals surface area contributed by atoms with Crippen molar-refractivity contribution in [3.05, 3.63) is 0 Å². The zero-order valence-corrected chi connectivity index (χ0v) is 10.5. The molecule has 0 heterocycles. The van der Waals surface area contributed by atoms with Gasteiger partial charge >= 0.3 is 6.18 Å². The fourth-order valence-electron chi connectivity index (χ4n) is 2.51. The smallest absolute Gasteiger partial charge is 0.388 e. The minimum Gasteiger partial charge on any atom is -0.388 e. The summed E-state index contributed by atoms with van der Waals surface area (Å²) < 4.78 is 40.7. The molecular formula is C12H22F3NO2. The Labute approximate surface area is 105 Å². The van der Waals surface area contributed by atoms with Gasteiger partial charge in [0, 0.05) is 26.2 Å². The van der Waals surface area contributed by atoms with Gasteiger partial charge in [-0.05, 0) is 31.6 Å². The highest BCUT2D eigenvalue weighted by molar-refractivity contribution is 4.92. The lowest BCUT2D eigenvalue weighted by Gasteiger charge is -2.28. The summed E-state index contributed by atoms with van der Waals surface area (Å²) in [5.41, 5.74) is 4.75. The Morgan fingerprint density at radius 1 is 1.33 bits per heavy atom. The predicted molar refractivity (Wildman–Crippen MR) is 62.1 cm³/mol. The highest BCUT2D eigenvalue weighted by Gasteiger charge is 2.39. The first kappa shape index (κ1) is 15.7. The van der Waals surface area contributed by atoms with Crippen LogP contribution in [0.1, 0.15) is 38.5 Å². The molecule has 3 nitrogen and oxygen atoms in total. The summed E-state index contributed by atoms with van der Waals surface area (Å²) in [5.74, 6) is 0.116. The van der Waals surface area contributed by atoms with Crippen LogP contribution in [0.5, 0.6) is 0 Å². The molecule has 18 heavy (non-hydrogen) atoms. The first-order valence-corrected chi connectivity index (χ1v) is 6.44. The van der Waals surface area contributed by atoms with E-state index in [4.69, 9.17) is 10.5 Å². The molecule has 0 saturated heterocycles. The molecule has 1 aliphatic carbocycles. The summed E-state index contributed by atoms with van der Waals surface area (Å²) in [7, 11) is 0. The van der Waals surface area contributed by atoms with E-state index in [9.17, 15) is 18.3 Å². The van der Waals surface area contributed by atoms with Crippen molar-refractivity contribution in [1.29, 1.82) is 0 Å². The average Bonchev–Trinajstić information content (AvgIpc) is 2.65. The lowest BCUT2D eigenvalue weighted by Crippen LogP contribution is -2.41. The zero-order valence-electron chi connectivity index (χ0n) is 10.5. The Balaban J connectivity index is 2.08. The fourth-order valence-corrected chi connectivity index (χ4v) is 2.51. The third kappa shape index (κ3) is 5.12. The van der Waals surface area contributed by atoms with Gasteiger partial charge in [0.25, 0.3) is 0 Å². The second-order valence-corrected chi connectivity index (χ2v) is 5.02. The van der Waals surface area contributed by atoms with E-state index >= 15 is 0 Å². The average molecular weight is 269 g/mol. The molecule has 0 radical (unpaired) electrons. The Hall–Kier alpha value is -0.330. The largest absolute Gasteiger partial charge is 0.389 e. The quantitative estimate of drug-likeness (QED) is 0.697. The van der Waals surface area contributed by atoms with Crippen LogP contribution in [0, 0.1) is 5.92 Å². The molecule has 0 aromatic carbocycles. The van der Waals surface area contributed by atoms with Gasteiger partial charge in [0.05, 0.1) is 5.60 Å². The van der Waals surface area contributed by atoms with Crippen LogP contribution in [0.2, 0.25) is 0 Å². The first-order valence-electron chi connectivity index (χ1n) is 6.44. The van der Waals surface area contributed by atoms with Crippen LogP contribution in [-0.2, 0) is 4.74 Å². The number of halogens is 3. The summed E-state index contributed by atoms with van der Waals surface area (Å²) in [6, 6.07) is 0. The van der Waals surface area contributed by atoms with E-state index in [1.165, 1.54) is 0 Å². The van der Waals surface area contributed by atoms with Crippen LogP contribution >= 0.6 is 0 Å². The normalized spacial score (nSPS) is 28.8. The van der Waals surface area contributed by atoms with Crippen molar-refractivity contribution >= 4 is 0 Å². The molecule has 6 heteroatoms. The molecule has 108 valence electrons. The standard InChI is InChI=1S/C12H22F3NO2/c13-12(14,15)6-2-7-18-8-4-10-3-1-5-11(10,17)9-16/h10,17H,1-9,16H2.